The molecule has 2 amide bonds. The van der Waals surface area contributed by atoms with Crippen molar-refractivity contribution in [3.8, 4) is 0 Å². The van der Waals surface area contributed by atoms with Crippen LogP contribution < -0.4 is 10.6 Å². The van der Waals surface area contributed by atoms with Crippen molar-refractivity contribution in [1.82, 2.24) is 25.3 Å². The number of aromatic nitrogens is 2. The molecular formula is C20H37N5O. The minimum atomic E-state index is -0.0643. The van der Waals surface area contributed by atoms with Crippen molar-refractivity contribution < 1.29 is 4.79 Å². The average molecular weight is 364 g/mol. The molecule has 0 aliphatic carbocycles. The zero-order valence-corrected chi connectivity index (χ0v) is 17.2. The van der Waals surface area contributed by atoms with Crippen molar-refractivity contribution in [3.05, 3.63) is 17.5 Å². The van der Waals surface area contributed by atoms with Crippen LogP contribution in [0.25, 0.3) is 0 Å². The zero-order valence-electron chi connectivity index (χ0n) is 17.2. The van der Waals surface area contributed by atoms with E-state index in [4.69, 9.17) is 0 Å². The molecule has 2 N–H and O–H groups in total. The SMILES string of the molecule is Cc1cc(C)n(C[C@@H](C)CNC(=O)NCCCN2C[C@H](C)C[C@@H](C)C2)n1. The molecule has 0 bridgehead atoms. The standard InChI is InChI=1S/C20H37N5O/c1-15-9-16(2)13-24(12-15)8-6-7-21-20(26)22-11-17(3)14-25-19(5)10-18(4)23-25/h10,15-17H,6-9,11-14H2,1-5H3,(H2,21,22,26)/t15-,16-,17+/m1/s1. The number of urea groups is 1. The molecule has 1 fully saturated rings. The molecule has 1 aromatic rings. The first-order chi connectivity index (χ1) is 12.3. The van der Waals surface area contributed by atoms with Gasteiger partial charge in [0.25, 0.3) is 0 Å². The van der Waals surface area contributed by atoms with Crippen molar-refractivity contribution in [3.63, 3.8) is 0 Å². The second kappa shape index (κ2) is 9.95. The largest absolute Gasteiger partial charge is 0.338 e. The van der Waals surface area contributed by atoms with Crippen molar-refractivity contribution in [2.24, 2.45) is 17.8 Å². The number of nitrogens with zero attached hydrogens (tertiary/aromatic N) is 3. The summed E-state index contributed by atoms with van der Waals surface area (Å²) in [5.41, 5.74) is 2.21. The van der Waals surface area contributed by atoms with Gasteiger partial charge < -0.3 is 15.5 Å². The lowest BCUT2D eigenvalue weighted by Gasteiger charge is -2.34. The summed E-state index contributed by atoms with van der Waals surface area (Å²) in [5.74, 6) is 1.92. The molecule has 6 heteroatoms. The molecule has 148 valence electrons. The maximum atomic E-state index is 12.0. The third-order valence-electron chi connectivity index (χ3n) is 5.08. The number of carbonyl (C=O) groups is 1. The van der Waals surface area contributed by atoms with Gasteiger partial charge >= 0.3 is 6.03 Å². The van der Waals surface area contributed by atoms with Gasteiger partial charge in [-0.1, -0.05) is 20.8 Å². The molecule has 0 spiro atoms. The Labute approximate surface area is 158 Å². The maximum Gasteiger partial charge on any atom is 0.314 e. The van der Waals surface area contributed by atoms with E-state index >= 15 is 0 Å². The van der Waals surface area contributed by atoms with E-state index in [1.54, 1.807) is 0 Å². The summed E-state index contributed by atoms with van der Waals surface area (Å²) in [4.78, 5) is 14.5. The molecular weight excluding hydrogens is 326 g/mol. The molecule has 1 aromatic heterocycles. The lowest BCUT2D eigenvalue weighted by molar-refractivity contribution is 0.139. The Morgan fingerprint density at radius 2 is 1.96 bits per heavy atom. The van der Waals surface area contributed by atoms with E-state index in [1.807, 2.05) is 11.6 Å². The Kier molecular flexibility index (Phi) is 7.94. The highest BCUT2D eigenvalue weighted by molar-refractivity contribution is 5.73. The summed E-state index contributed by atoms with van der Waals surface area (Å²) < 4.78 is 2.01. The Morgan fingerprint density at radius 3 is 2.58 bits per heavy atom. The quantitative estimate of drug-likeness (QED) is 0.698. The first-order valence-electron chi connectivity index (χ1n) is 10.1. The van der Waals surface area contributed by atoms with E-state index in [1.165, 1.54) is 25.2 Å². The maximum absolute atomic E-state index is 12.0. The number of aryl methyl sites for hydroxylation is 2. The Hall–Kier alpha value is -1.56. The van der Waals surface area contributed by atoms with Crippen molar-refractivity contribution in [1.29, 1.82) is 0 Å². The highest BCUT2D eigenvalue weighted by Gasteiger charge is 2.21. The lowest BCUT2D eigenvalue weighted by atomic mass is 9.92. The van der Waals surface area contributed by atoms with E-state index in [2.05, 4.69) is 54.4 Å². The van der Waals surface area contributed by atoms with Crippen LogP contribution >= 0.6 is 0 Å². The summed E-state index contributed by atoms with van der Waals surface area (Å²) in [6.45, 7) is 16.6. The van der Waals surface area contributed by atoms with Gasteiger partial charge in [0.1, 0.15) is 0 Å². The summed E-state index contributed by atoms with van der Waals surface area (Å²) in [6.07, 6.45) is 2.35. The Morgan fingerprint density at radius 1 is 1.27 bits per heavy atom. The molecule has 2 heterocycles. The Bertz CT molecular complexity index is 561. The van der Waals surface area contributed by atoms with Crippen LogP contribution in [0.2, 0.25) is 0 Å². The molecule has 0 saturated carbocycles. The van der Waals surface area contributed by atoms with Crippen LogP contribution in [-0.2, 0) is 6.54 Å². The first-order valence-corrected chi connectivity index (χ1v) is 10.1. The minimum absolute atomic E-state index is 0.0643. The Balaban J connectivity index is 1.56. The van der Waals surface area contributed by atoms with Crippen LogP contribution in [0, 0.1) is 31.6 Å². The number of piperidine rings is 1. The predicted molar refractivity (Wildman–Crippen MR) is 106 cm³/mol. The van der Waals surface area contributed by atoms with E-state index in [0.29, 0.717) is 12.5 Å². The smallest absolute Gasteiger partial charge is 0.314 e. The van der Waals surface area contributed by atoms with E-state index in [0.717, 1.165) is 43.6 Å². The molecule has 0 aromatic carbocycles. The fourth-order valence-electron chi connectivity index (χ4n) is 4.03. The fraction of sp³-hybridized carbons (Fsp3) is 0.800. The van der Waals surface area contributed by atoms with Crippen LogP contribution in [0.15, 0.2) is 6.07 Å². The number of rotatable bonds is 8. The molecule has 3 atom stereocenters. The second-order valence-corrected chi connectivity index (χ2v) is 8.41. The van der Waals surface area contributed by atoms with Crippen LogP contribution in [0.3, 0.4) is 0 Å². The normalized spacial score (nSPS) is 22.2. The monoisotopic (exact) mass is 363 g/mol. The van der Waals surface area contributed by atoms with Gasteiger partial charge in [0, 0.05) is 38.4 Å². The van der Waals surface area contributed by atoms with Crippen LogP contribution in [0.4, 0.5) is 4.79 Å². The molecule has 0 radical (unpaired) electrons. The van der Waals surface area contributed by atoms with E-state index < -0.39 is 0 Å². The van der Waals surface area contributed by atoms with Gasteiger partial charge in [-0.2, -0.15) is 5.10 Å². The molecule has 2 rings (SSSR count). The third kappa shape index (κ3) is 6.98. The fourth-order valence-corrected chi connectivity index (χ4v) is 4.03. The number of nitrogens with one attached hydrogen (secondary N) is 2. The van der Waals surface area contributed by atoms with Gasteiger partial charge in [-0.3, -0.25) is 4.68 Å². The van der Waals surface area contributed by atoms with Gasteiger partial charge in [0.05, 0.1) is 5.69 Å². The number of likely N-dealkylation sites (tertiary alicyclic amines) is 1. The number of carbonyl (C=O) groups excluding carboxylic acids is 1. The molecule has 26 heavy (non-hydrogen) atoms. The average Bonchev–Trinajstić information content (AvgIpc) is 2.86. The summed E-state index contributed by atoms with van der Waals surface area (Å²) >= 11 is 0. The molecule has 1 saturated heterocycles. The van der Waals surface area contributed by atoms with Crippen molar-refractivity contribution in [2.75, 3.05) is 32.7 Å². The van der Waals surface area contributed by atoms with Crippen molar-refractivity contribution in [2.45, 2.75) is 54.0 Å². The summed E-state index contributed by atoms with van der Waals surface area (Å²) in [7, 11) is 0. The van der Waals surface area contributed by atoms with Gasteiger partial charge in [0.2, 0.25) is 0 Å². The lowest BCUT2D eigenvalue weighted by Crippen LogP contribution is -2.42. The van der Waals surface area contributed by atoms with Crippen molar-refractivity contribution >= 4 is 6.03 Å². The number of hydrogen-bond acceptors (Lipinski definition) is 3. The molecule has 6 nitrogen and oxygen atoms in total. The van der Waals surface area contributed by atoms with Crippen LogP contribution in [0.1, 0.15) is 45.0 Å². The van der Waals surface area contributed by atoms with Crippen LogP contribution in [-0.4, -0.2) is 53.4 Å². The van der Waals surface area contributed by atoms with Gasteiger partial charge in [0.15, 0.2) is 0 Å². The van der Waals surface area contributed by atoms with Crippen LogP contribution in [0.5, 0.6) is 0 Å². The summed E-state index contributed by atoms with van der Waals surface area (Å²) in [6, 6.07) is 2.02. The third-order valence-corrected chi connectivity index (χ3v) is 5.08. The van der Waals surface area contributed by atoms with Gasteiger partial charge in [-0.05, 0) is 57.1 Å². The highest BCUT2D eigenvalue weighted by atomic mass is 16.2. The van der Waals surface area contributed by atoms with E-state index in [9.17, 15) is 4.79 Å². The highest BCUT2D eigenvalue weighted by Crippen LogP contribution is 2.20. The molecule has 1 aliphatic rings. The minimum Gasteiger partial charge on any atom is -0.338 e. The predicted octanol–water partition coefficient (Wildman–Crippen LogP) is 2.80. The molecule has 0 unspecified atom stereocenters. The first kappa shape index (κ1) is 20.7. The number of hydrogen-bond donors (Lipinski definition) is 2. The van der Waals surface area contributed by atoms with Gasteiger partial charge in [-0.15, -0.1) is 0 Å². The number of amides is 2. The second-order valence-electron chi connectivity index (χ2n) is 8.41. The summed E-state index contributed by atoms with van der Waals surface area (Å²) in [5, 5.41) is 10.4. The zero-order chi connectivity index (χ0) is 19.1. The van der Waals surface area contributed by atoms with Gasteiger partial charge in [-0.25, -0.2) is 4.79 Å². The topological polar surface area (TPSA) is 62.2 Å². The van der Waals surface area contributed by atoms with E-state index in [-0.39, 0.29) is 6.03 Å². The molecule has 1 aliphatic heterocycles.